The highest BCUT2D eigenvalue weighted by molar-refractivity contribution is 14.0. The molecule has 1 aliphatic rings. The predicted octanol–water partition coefficient (Wildman–Crippen LogP) is 3.10. The molecule has 1 saturated carbocycles. The van der Waals surface area contributed by atoms with Gasteiger partial charge in [0.15, 0.2) is 5.96 Å². The molecule has 0 aromatic heterocycles. The van der Waals surface area contributed by atoms with E-state index >= 15 is 0 Å². The summed E-state index contributed by atoms with van der Waals surface area (Å²) in [4.78, 5) is 4.23. The Morgan fingerprint density at radius 2 is 1.83 bits per heavy atom. The van der Waals surface area contributed by atoms with Crippen LogP contribution in [0.5, 0.6) is 0 Å². The fourth-order valence-corrected chi connectivity index (χ4v) is 2.30. The van der Waals surface area contributed by atoms with E-state index in [0.717, 1.165) is 25.0 Å². The van der Waals surface area contributed by atoms with Crippen molar-refractivity contribution in [1.29, 1.82) is 0 Å². The molecule has 0 heterocycles. The van der Waals surface area contributed by atoms with Gasteiger partial charge >= 0.3 is 0 Å². The molecule has 108 valence electrons. The molecule has 2 N–H and O–H groups in total. The van der Waals surface area contributed by atoms with E-state index in [0.29, 0.717) is 0 Å². The Morgan fingerprint density at radius 1 is 1.17 bits per heavy atom. The van der Waals surface area contributed by atoms with Gasteiger partial charge in [0.25, 0.3) is 0 Å². The third-order valence-corrected chi connectivity index (χ3v) is 3.77. The highest BCUT2D eigenvalue weighted by Gasteiger charge is 2.19. The quantitative estimate of drug-likeness (QED) is 0.277. The minimum atomic E-state index is 0. The summed E-state index contributed by atoms with van der Waals surface area (Å²) in [5.41, 5.74) is 0. The smallest absolute Gasteiger partial charge is 0.190 e. The van der Waals surface area contributed by atoms with Crippen molar-refractivity contribution in [3.05, 3.63) is 0 Å². The van der Waals surface area contributed by atoms with Gasteiger partial charge in [-0.25, -0.2) is 0 Å². The van der Waals surface area contributed by atoms with E-state index in [1.54, 1.807) is 0 Å². The van der Waals surface area contributed by atoms with Crippen LogP contribution in [0.1, 0.15) is 38.5 Å². The van der Waals surface area contributed by atoms with E-state index in [1.165, 1.54) is 44.3 Å². The lowest BCUT2D eigenvalue weighted by molar-refractivity contribution is 0.642. The van der Waals surface area contributed by atoms with Crippen LogP contribution in [0, 0.1) is 5.92 Å². The van der Waals surface area contributed by atoms with Crippen molar-refractivity contribution in [2.24, 2.45) is 10.9 Å². The van der Waals surface area contributed by atoms with Gasteiger partial charge in [0.2, 0.25) is 0 Å². The van der Waals surface area contributed by atoms with Crippen LogP contribution in [0.15, 0.2) is 4.99 Å². The topological polar surface area (TPSA) is 36.4 Å². The number of hydrogen-bond donors (Lipinski definition) is 2. The molecular formula is C13H28IN3S. The van der Waals surface area contributed by atoms with Crippen molar-refractivity contribution in [3.8, 4) is 0 Å². The van der Waals surface area contributed by atoms with Crippen LogP contribution in [-0.2, 0) is 0 Å². The molecular weight excluding hydrogens is 357 g/mol. The molecule has 0 radical (unpaired) electrons. The molecule has 1 aliphatic carbocycles. The molecule has 3 nitrogen and oxygen atoms in total. The molecule has 0 unspecified atom stereocenters. The van der Waals surface area contributed by atoms with Crippen molar-refractivity contribution >= 4 is 41.7 Å². The molecule has 0 atom stereocenters. The molecule has 0 aliphatic heterocycles. The maximum Gasteiger partial charge on any atom is 0.190 e. The monoisotopic (exact) mass is 385 g/mol. The minimum Gasteiger partial charge on any atom is -0.356 e. The molecule has 1 fully saturated rings. The van der Waals surface area contributed by atoms with Crippen LogP contribution < -0.4 is 10.6 Å². The van der Waals surface area contributed by atoms with Crippen molar-refractivity contribution in [2.45, 2.75) is 38.5 Å². The Kier molecular flexibility index (Phi) is 12.6. The second-order valence-electron chi connectivity index (χ2n) is 4.71. The maximum absolute atomic E-state index is 4.23. The largest absolute Gasteiger partial charge is 0.356 e. The van der Waals surface area contributed by atoms with Crippen molar-refractivity contribution < 1.29 is 0 Å². The summed E-state index contributed by atoms with van der Waals surface area (Å²) >= 11 is 1.92. The van der Waals surface area contributed by atoms with Gasteiger partial charge in [-0.05, 0) is 43.6 Å². The number of hydrogen-bond acceptors (Lipinski definition) is 2. The van der Waals surface area contributed by atoms with Crippen molar-refractivity contribution in [1.82, 2.24) is 10.6 Å². The molecule has 0 spiro atoms. The first-order chi connectivity index (χ1) is 8.36. The second kappa shape index (κ2) is 12.4. The molecule has 0 bridgehead atoms. The molecule has 0 saturated heterocycles. The molecule has 0 aromatic carbocycles. The van der Waals surface area contributed by atoms with Crippen LogP contribution in [0.3, 0.4) is 0 Å². The second-order valence-corrected chi connectivity index (χ2v) is 5.70. The lowest BCUT2D eigenvalue weighted by Crippen LogP contribution is -2.38. The molecule has 1 rings (SSSR count). The number of nitrogens with one attached hydrogen (secondary N) is 2. The lowest BCUT2D eigenvalue weighted by atomic mass is 10.2. The van der Waals surface area contributed by atoms with Crippen LogP contribution >= 0.6 is 35.7 Å². The number of aliphatic imine (C=N–C) groups is 1. The molecule has 0 aromatic rings. The average Bonchev–Trinajstić information content (AvgIpc) is 3.15. The Hall–Kier alpha value is 0.350. The zero-order valence-corrected chi connectivity index (χ0v) is 14.9. The van der Waals surface area contributed by atoms with Gasteiger partial charge in [-0.3, -0.25) is 4.99 Å². The van der Waals surface area contributed by atoms with Crippen LogP contribution in [0.4, 0.5) is 0 Å². The SMILES string of the molecule is CN=C(NCCCCSC)NCCCC1CC1.I. The van der Waals surface area contributed by atoms with E-state index in [2.05, 4.69) is 21.9 Å². The van der Waals surface area contributed by atoms with Gasteiger partial charge in [-0.2, -0.15) is 11.8 Å². The standard InChI is InChI=1S/C13H27N3S.HI/c1-14-13(15-9-3-4-11-17-2)16-10-5-6-12-7-8-12;/h12H,3-11H2,1-2H3,(H2,14,15,16);1H. The van der Waals surface area contributed by atoms with E-state index < -0.39 is 0 Å². The highest BCUT2D eigenvalue weighted by Crippen LogP contribution is 2.33. The van der Waals surface area contributed by atoms with Crippen LogP contribution in [0.25, 0.3) is 0 Å². The predicted molar refractivity (Wildman–Crippen MR) is 94.4 cm³/mol. The third-order valence-electron chi connectivity index (χ3n) is 3.07. The fraction of sp³-hybridized carbons (Fsp3) is 0.923. The normalized spacial score (nSPS) is 15.1. The first-order valence-electron chi connectivity index (χ1n) is 6.80. The Morgan fingerprint density at radius 3 is 2.39 bits per heavy atom. The van der Waals surface area contributed by atoms with Crippen LogP contribution in [-0.4, -0.2) is 38.1 Å². The van der Waals surface area contributed by atoms with Crippen LogP contribution in [0.2, 0.25) is 0 Å². The lowest BCUT2D eigenvalue weighted by Gasteiger charge is -2.11. The van der Waals surface area contributed by atoms with Gasteiger partial charge in [0.1, 0.15) is 0 Å². The Bertz CT molecular complexity index is 220. The Balaban J connectivity index is 0.00000289. The average molecular weight is 385 g/mol. The molecule has 5 heteroatoms. The summed E-state index contributed by atoms with van der Waals surface area (Å²) in [6, 6.07) is 0. The zero-order chi connectivity index (χ0) is 12.3. The van der Waals surface area contributed by atoms with E-state index in [9.17, 15) is 0 Å². The Labute approximate surface area is 133 Å². The first kappa shape index (κ1) is 18.4. The number of rotatable bonds is 9. The fourth-order valence-electron chi connectivity index (χ4n) is 1.80. The summed E-state index contributed by atoms with van der Waals surface area (Å²) in [7, 11) is 1.85. The number of halogens is 1. The van der Waals surface area contributed by atoms with Gasteiger partial charge in [-0.15, -0.1) is 24.0 Å². The van der Waals surface area contributed by atoms with E-state index in [4.69, 9.17) is 0 Å². The number of guanidine groups is 1. The van der Waals surface area contributed by atoms with Gasteiger partial charge in [0, 0.05) is 20.1 Å². The highest BCUT2D eigenvalue weighted by atomic mass is 127. The van der Waals surface area contributed by atoms with E-state index in [-0.39, 0.29) is 24.0 Å². The number of unbranched alkanes of at least 4 members (excludes halogenated alkanes) is 1. The van der Waals surface area contributed by atoms with Gasteiger partial charge in [0.05, 0.1) is 0 Å². The minimum absolute atomic E-state index is 0. The van der Waals surface area contributed by atoms with E-state index in [1.807, 2.05) is 18.8 Å². The first-order valence-corrected chi connectivity index (χ1v) is 8.19. The van der Waals surface area contributed by atoms with Gasteiger partial charge in [-0.1, -0.05) is 12.8 Å². The maximum atomic E-state index is 4.23. The summed E-state index contributed by atoms with van der Waals surface area (Å²) in [6.45, 7) is 2.09. The molecule has 0 amide bonds. The summed E-state index contributed by atoms with van der Waals surface area (Å²) in [5.74, 6) is 3.26. The van der Waals surface area contributed by atoms with Crippen molar-refractivity contribution in [3.63, 3.8) is 0 Å². The third kappa shape index (κ3) is 10.3. The zero-order valence-electron chi connectivity index (χ0n) is 11.7. The summed E-state index contributed by atoms with van der Waals surface area (Å²) < 4.78 is 0. The van der Waals surface area contributed by atoms with Crippen molar-refractivity contribution in [2.75, 3.05) is 32.1 Å². The number of thioether (sulfide) groups is 1. The number of nitrogens with zero attached hydrogens (tertiary/aromatic N) is 1. The summed E-state index contributed by atoms with van der Waals surface area (Å²) in [5, 5.41) is 6.74. The summed E-state index contributed by atoms with van der Waals surface area (Å²) in [6.07, 6.45) is 10.3. The van der Waals surface area contributed by atoms with Gasteiger partial charge < -0.3 is 10.6 Å². The molecule has 18 heavy (non-hydrogen) atoms.